The van der Waals surface area contributed by atoms with E-state index in [1.165, 1.54) is 24.4 Å². The standard InChI is InChI=1S/C10H7N3O4/c14-10(15)6-1-2-8-9(3-6)11-4-7(12-8)5-13(16)17/h1-4H,5H2,(H,14,15). The van der Waals surface area contributed by atoms with Gasteiger partial charge in [-0.05, 0) is 18.2 Å². The third kappa shape index (κ3) is 2.33. The summed E-state index contributed by atoms with van der Waals surface area (Å²) in [6.45, 7) is -0.399. The Morgan fingerprint density at radius 3 is 2.82 bits per heavy atom. The molecule has 1 N–H and O–H groups in total. The van der Waals surface area contributed by atoms with E-state index in [0.717, 1.165) is 0 Å². The Morgan fingerprint density at radius 1 is 1.41 bits per heavy atom. The third-order valence-electron chi connectivity index (χ3n) is 2.13. The van der Waals surface area contributed by atoms with Crippen LogP contribution in [0, 0.1) is 10.1 Å². The molecule has 0 spiro atoms. The largest absolute Gasteiger partial charge is 0.478 e. The van der Waals surface area contributed by atoms with Gasteiger partial charge in [-0.25, -0.2) is 9.78 Å². The number of carboxylic acids is 1. The Hall–Kier alpha value is -2.57. The van der Waals surface area contributed by atoms with Crippen LogP contribution in [0.2, 0.25) is 0 Å². The first kappa shape index (κ1) is 10.9. The highest BCUT2D eigenvalue weighted by atomic mass is 16.6. The number of rotatable bonds is 3. The summed E-state index contributed by atoms with van der Waals surface area (Å²) in [5, 5.41) is 19.1. The summed E-state index contributed by atoms with van der Waals surface area (Å²) < 4.78 is 0. The molecule has 1 aromatic carbocycles. The topological polar surface area (TPSA) is 106 Å². The van der Waals surface area contributed by atoms with Crippen LogP contribution in [0.5, 0.6) is 0 Å². The van der Waals surface area contributed by atoms with E-state index in [0.29, 0.717) is 11.0 Å². The average Bonchev–Trinajstić information content (AvgIpc) is 2.27. The summed E-state index contributed by atoms with van der Waals surface area (Å²) in [4.78, 5) is 28.5. The van der Waals surface area contributed by atoms with Crippen molar-refractivity contribution < 1.29 is 14.8 Å². The molecule has 0 fully saturated rings. The van der Waals surface area contributed by atoms with Crippen LogP contribution in [0.15, 0.2) is 24.4 Å². The predicted molar refractivity (Wildman–Crippen MR) is 57.2 cm³/mol. The van der Waals surface area contributed by atoms with Gasteiger partial charge in [-0.15, -0.1) is 0 Å². The van der Waals surface area contributed by atoms with E-state index in [1.54, 1.807) is 0 Å². The number of nitro groups is 1. The van der Waals surface area contributed by atoms with Crippen molar-refractivity contribution in [1.82, 2.24) is 9.97 Å². The maximum Gasteiger partial charge on any atom is 0.335 e. The number of hydrogen-bond donors (Lipinski definition) is 1. The van der Waals surface area contributed by atoms with Crippen LogP contribution in [0.1, 0.15) is 16.1 Å². The average molecular weight is 233 g/mol. The second-order valence-corrected chi connectivity index (χ2v) is 3.36. The zero-order valence-corrected chi connectivity index (χ0v) is 8.53. The van der Waals surface area contributed by atoms with E-state index < -0.39 is 17.4 Å². The van der Waals surface area contributed by atoms with Crippen LogP contribution >= 0.6 is 0 Å². The smallest absolute Gasteiger partial charge is 0.335 e. The molecule has 0 atom stereocenters. The summed E-state index contributed by atoms with van der Waals surface area (Å²) in [7, 11) is 0. The predicted octanol–water partition coefficient (Wildman–Crippen LogP) is 1.10. The van der Waals surface area contributed by atoms with Crippen LogP contribution in [0.4, 0.5) is 0 Å². The van der Waals surface area contributed by atoms with Crippen LogP contribution in [-0.2, 0) is 6.54 Å². The first-order valence-corrected chi connectivity index (χ1v) is 4.67. The quantitative estimate of drug-likeness (QED) is 0.628. The molecule has 2 aromatic rings. The minimum absolute atomic E-state index is 0.105. The van der Waals surface area contributed by atoms with Gasteiger partial charge >= 0.3 is 5.97 Å². The lowest BCUT2D eigenvalue weighted by molar-refractivity contribution is -0.497. The molecular formula is C10H7N3O4. The number of fused-ring (bicyclic) bond motifs is 1. The van der Waals surface area contributed by atoms with Crippen LogP contribution in [-0.4, -0.2) is 26.0 Å². The molecule has 0 aliphatic carbocycles. The van der Waals surface area contributed by atoms with E-state index >= 15 is 0 Å². The van der Waals surface area contributed by atoms with Crippen molar-refractivity contribution in [2.24, 2.45) is 0 Å². The molecule has 0 aliphatic heterocycles. The van der Waals surface area contributed by atoms with Gasteiger partial charge in [0.2, 0.25) is 6.54 Å². The van der Waals surface area contributed by atoms with Crippen molar-refractivity contribution in [1.29, 1.82) is 0 Å². The second-order valence-electron chi connectivity index (χ2n) is 3.36. The molecule has 1 aromatic heterocycles. The lowest BCUT2D eigenvalue weighted by Gasteiger charge is -2.00. The van der Waals surface area contributed by atoms with E-state index in [-0.39, 0.29) is 11.3 Å². The fourth-order valence-electron chi connectivity index (χ4n) is 1.39. The van der Waals surface area contributed by atoms with Crippen molar-refractivity contribution in [3.8, 4) is 0 Å². The summed E-state index contributed by atoms with van der Waals surface area (Å²) in [5.74, 6) is -1.05. The highest BCUT2D eigenvalue weighted by molar-refractivity contribution is 5.92. The maximum atomic E-state index is 10.7. The molecular weight excluding hydrogens is 226 g/mol. The Balaban J connectivity index is 2.46. The van der Waals surface area contributed by atoms with Gasteiger partial charge < -0.3 is 5.11 Å². The van der Waals surface area contributed by atoms with Crippen molar-refractivity contribution in [2.45, 2.75) is 6.54 Å². The molecule has 0 radical (unpaired) electrons. The van der Waals surface area contributed by atoms with Crippen LogP contribution in [0.3, 0.4) is 0 Å². The number of aromatic carboxylic acids is 1. The lowest BCUT2D eigenvalue weighted by Crippen LogP contribution is -2.02. The highest BCUT2D eigenvalue weighted by Gasteiger charge is 2.08. The van der Waals surface area contributed by atoms with E-state index in [4.69, 9.17) is 5.11 Å². The fraction of sp³-hybridized carbons (Fsp3) is 0.100. The minimum Gasteiger partial charge on any atom is -0.478 e. The van der Waals surface area contributed by atoms with Gasteiger partial charge in [0.1, 0.15) is 5.69 Å². The van der Waals surface area contributed by atoms with Gasteiger partial charge in [0.15, 0.2) is 0 Å². The molecule has 0 bridgehead atoms. The van der Waals surface area contributed by atoms with Gasteiger partial charge in [-0.2, -0.15) is 0 Å². The molecule has 0 unspecified atom stereocenters. The monoisotopic (exact) mass is 233 g/mol. The molecule has 2 rings (SSSR count). The maximum absolute atomic E-state index is 10.7. The van der Waals surface area contributed by atoms with Gasteiger partial charge in [0, 0.05) is 4.92 Å². The molecule has 0 saturated carbocycles. The Bertz CT molecular complexity index is 612. The SMILES string of the molecule is O=C(O)c1ccc2nc(C[N+](=O)[O-])cnc2c1. The highest BCUT2D eigenvalue weighted by Crippen LogP contribution is 2.12. The van der Waals surface area contributed by atoms with Crippen molar-refractivity contribution in [3.05, 3.63) is 45.8 Å². The van der Waals surface area contributed by atoms with Gasteiger partial charge in [-0.3, -0.25) is 15.1 Å². The Labute approximate surface area is 94.9 Å². The van der Waals surface area contributed by atoms with Crippen LogP contribution < -0.4 is 0 Å². The first-order chi connectivity index (χ1) is 8.06. The molecule has 7 nitrogen and oxygen atoms in total. The molecule has 7 heteroatoms. The number of hydrogen-bond acceptors (Lipinski definition) is 5. The van der Waals surface area contributed by atoms with Crippen molar-refractivity contribution >= 4 is 17.0 Å². The summed E-state index contributed by atoms with van der Waals surface area (Å²) in [6, 6.07) is 4.24. The normalized spacial score (nSPS) is 10.4. The summed E-state index contributed by atoms with van der Waals surface area (Å²) in [6.07, 6.45) is 1.27. The zero-order valence-electron chi connectivity index (χ0n) is 8.53. The molecule has 17 heavy (non-hydrogen) atoms. The number of benzene rings is 1. The molecule has 1 heterocycles. The Morgan fingerprint density at radius 2 is 2.18 bits per heavy atom. The van der Waals surface area contributed by atoms with Gasteiger partial charge in [0.05, 0.1) is 22.8 Å². The number of aromatic nitrogens is 2. The van der Waals surface area contributed by atoms with E-state index in [9.17, 15) is 14.9 Å². The van der Waals surface area contributed by atoms with Crippen molar-refractivity contribution in [2.75, 3.05) is 0 Å². The van der Waals surface area contributed by atoms with Gasteiger partial charge in [-0.1, -0.05) is 0 Å². The fourth-order valence-corrected chi connectivity index (χ4v) is 1.39. The first-order valence-electron chi connectivity index (χ1n) is 4.67. The number of carboxylic acid groups (broad SMARTS) is 1. The Kier molecular flexibility index (Phi) is 2.65. The second kappa shape index (κ2) is 4.12. The van der Waals surface area contributed by atoms with Crippen molar-refractivity contribution in [3.63, 3.8) is 0 Å². The number of carbonyl (C=O) groups is 1. The third-order valence-corrected chi connectivity index (χ3v) is 2.13. The van der Waals surface area contributed by atoms with E-state index in [1.807, 2.05) is 0 Å². The van der Waals surface area contributed by atoms with Crippen LogP contribution in [0.25, 0.3) is 11.0 Å². The number of nitrogens with zero attached hydrogens (tertiary/aromatic N) is 3. The molecule has 0 amide bonds. The molecule has 0 aliphatic rings. The lowest BCUT2D eigenvalue weighted by atomic mass is 10.2. The zero-order chi connectivity index (χ0) is 12.4. The summed E-state index contributed by atoms with van der Waals surface area (Å²) >= 11 is 0. The summed E-state index contributed by atoms with van der Waals surface area (Å²) in [5.41, 5.74) is 1.19. The van der Waals surface area contributed by atoms with E-state index in [2.05, 4.69) is 9.97 Å². The molecule has 0 saturated heterocycles. The minimum atomic E-state index is -1.05. The molecule has 86 valence electrons. The van der Waals surface area contributed by atoms with Gasteiger partial charge in [0.25, 0.3) is 0 Å².